The van der Waals surface area contributed by atoms with Crippen LogP contribution in [0.25, 0.3) is 0 Å². The fourth-order valence-electron chi connectivity index (χ4n) is 1.46. The van der Waals surface area contributed by atoms with E-state index in [2.05, 4.69) is 15.3 Å². The van der Waals surface area contributed by atoms with Gasteiger partial charge in [0.2, 0.25) is 5.95 Å². The highest BCUT2D eigenvalue weighted by molar-refractivity contribution is 5.43. The van der Waals surface area contributed by atoms with Gasteiger partial charge in [-0.1, -0.05) is 0 Å². The van der Waals surface area contributed by atoms with E-state index in [0.29, 0.717) is 12.5 Å². The molecule has 0 atom stereocenters. The molecule has 17 heavy (non-hydrogen) atoms. The highest BCUT2D eigenvalue weighted by Crippen LogP contribution is 2.30. The van der Waals surface area contributed by atoms with Gasteiger partial charge in [0.1, 0.15) is 12.3 Å². The fraction of sp³-hybridized carbons (Fsp3) is 0.600. The first kappa shape index (κ1) is 11.6. The fourth-order valence-corrected chi connectivity index (χ4v) is 1.46. The molecule has 0 amide bonds. The third-order valence-corrected chi connectivity index (χ3v) is 2.60. The number of anilines is 1. The second-order valence-corrected chi connectivity index (χ2v) is 3.84. The Morgan fingerprint density at radius 1 is 1.65 bits per heavy atom. The number of hydrogen-bond acceptors (Lipinski definition) is 6. The molecule has 1 aromatic rings. The minimum atomic E-state index is -0.524. The number of hydrogen-bond donors (Lipinski definition) is 1. The predicted molar refractivity (Wildman–Crippen MR) is 61.1 cm³/mol. The molecule has 0 unspecified atom stereocenters. The van der Waals surface area contributed by atoms with E-state index in [1.54, 1.807) is 0 Å². The van der Waals surface area contributed by atoms with Crippen LogP contribution in [-0.2, 0) is 0 Å². The minimum Gasteiger partial charge on any atom is -0.469 e. The molecular weight excluding hydrogens is 224 g/mol. The third-order valence-electron chi connectivity index (χ3n) is 2.60. The summed E-state index contributed by atoms with van der Waals surface area (Å²) in [6, 6.07) is 0. The Labute approximate surface area is 98.4 Å². The maximum absolute atomic E-state index is 10.8. The molecule has 1 N–H and O–H groups in total. The van der Waals surface area contributed by atoms with Crippen LogP contribution in [0.5, 0.6) is 5.88 Å². The Kier molecular flexibility index (Phi) is 3.36. The van der Waals surface area contributed by atoms with Crippen molar-refractivity contribution in [2.24, 2.45) is 0 Å². The molecule has 1 heterocycles. The molecule has 0 aliphatic heterocycles. The Balaban J connectivity index is 2.22. The lowest BCUT2D eigenvalue weighted by molar-refractivity contribution is -0.386. The molecule has 2 rings (SSSR count). The maximum atomic E-state index is 10.8. The lowest BCUT2D eigenvalue weighted by Gasteiger charge is -2.25. The molecule has 0 saturated heterocycles. The van der Waals surface area contributed by atoms with Crippen molar-refractivity contribution in [3.05, 3.63) is 16.3 Å². The molecule has 7 nitrogen and oxygen atoms in total. The normalized spacial score (nSPS) is 15.1. The monoisotopic (exact) mass is 238 g/mol. The molecule has 92 valence electrons. The lowest BCUT2D eigenvalue weighted by atomic mass is 9.96. The average Bonchev–Trinajstić information content (AvgIpc) is 2.24. The molecule has 1 aliphatic rings. The van der Waals surface area contributed by atoms with E-state index >= 15 is 0 Å². The van der Waals surface area contributed by atoms with Gasteiger partial charge in [-0.05, 0) is 26.2 Å². The molecule has 1 saturated carbocycles. The van der Waals surface area contributed by atoms with Crippen molar-refractivity contribution in [2.45, 2.75) is 32.3 Å². The summed E-state index contributed by atoms with van der Waals surface area (Å²) in [5, 5.41) is 13.7. The van der Waals surface area contributed by atoms with Crippen molar-refractivity contribution >= 4 is 11.6 Å². The predicted octanol–water partition coefficient (Wildman–Crippen LogP) is 1.75. The summed E-state index contributed by atoms with van der Waals surface area (Å²) >= 11 is 0. The second kappa shape index (κ2) is 4.94. The number of nitrogens with one attached hydrogen (secondary N) is 1. The lowest BCUT2D eigenvalue weighted by Crippen LogP contribution is -2.25. The van der Waals surface area contributed by atoms with E-state index < -0.39 is 4.92 Å². The van der Waals surface area contributed by atoms with E-state index in [4.69, 9.17) is 4.74 Å². The zero-order valence-electron chi connectivity index (χ0n) is 9.55. The Bertz CT molecular complexity index is 420. The van der Waals surface area contributed by atoms with Gasteiger partial charge in [-0.15, -0.1) is 0 Å². The van der Waals surface area contributed by atoms with Crippen LogP contribution in [0.2, 0.25) is 0 Å². The van der Waals surface area contributed by atoms with E-state index in [-0.39, 0.29) is 17.7 Å². The second-order valence-electron chi connectivity index (χ2n) is 3.84. The van der Waals surface area contributed by atoms with Crippen LogP contribution in [-0.4, -0.2) is 27.5 Å². The summed E-state index contributed by atoms with van der Waals surface area (Å²) in [7, 11) is 0. The van der Waals surface area contributed by atoms with Crippen molar-refractivity contribution in [1.82, 2.24) is 9.97 Å². The van der Waals surface area contributed by atoms with Gasteiger partial charge in [0.25, 0.3) is 5.88 Å². The van der Waals surface area contributed by atoms with E-state index in [0.717, 1.165) is 19.3 Å². The van der Waals surface area contributed by atoms with Crippen LogP contribution in [0.1, 0.15) is 26.2 Å². The summed E-state index contributed by atoms with van der Waals surface area (Å²) in [6.45, 7) is 2.55. The van der Waals surface area contributed by atoms with Crippen LogP contribution < -0.4 is 10.1 Å². The first-order valence-corrected chi connectivity index (χ1v) is 5.62. The van der Waals surface area contributed by atoms with Crippen LogP contribution >= 0.6 is 0 Å². The van der Waals surface area contributed by atoms with E-state index in [1.165, 1.54) is 6.20 Å². The molecule has 1 fully saturated rings. The molecule has 1 aromatic heterocycles. The number of nitrogens with zero attached hydrogens (tertiary/aromatic N) is 3. The molecule has 0 aromatic carbocycles. The van der Waals surface area contributed by atoms with Crippen LogP contribution in [0.15, 0.2) is 6.20 Å². The summed E-state index contributed by atoms with van der Waals surface area (Å²) < 4.78 is 5.50. The first-order chi connectivity index (χ1) is 8.20. The highest BCUT2D eigenvalue weighted by Gasteiger charge is 2.25. The summed E-state index contributed by atoms with van der Waals surface area (Å²) in [5.74, 6) is 0.415. The van der Waals surface area contributed by atoms with Gasteiger partial charge in [0.15, 0.2) is 0 Å². The Morgan fingerprint density at radius 3 is 2.94 bits per heavy atom. The van der Waals surface area contributed by atoms with Gasteiger partial charge in [0, 0.05) is 6.54 Å². The van der Waals surface area contributed by atoms with Gasteiger partial charge >= 0.3 is 5.69 Å². The van der Waals surface area contributed by atoms with Crippen molar-refractivity contribution in [2.75, 3.05) is 11.9 Å². The van der Waals surface area contributed by atoms with Gasteiger partial charge in [0.05, 0.1) is 4.92 Å². The van der Waals surface area contributed by atoms with Gasteiger partial charge < -0.3 is 10.1 Å². The van der Waals surface area contributed by atoms with E-state index in [9.17, 15) is 10.1 Å². The number of ether oxygens (including phenoxy) is 1. The quantitative estimate of drug-likeness (QED) is 0.620. The molecule has 0 bridgehead atoms. The Hall–Kier alpha value is -1.92. The molecular formula is C10H14N4O3. The van der Waals surface area contributed by atoms with Gasteiger partial charge in [-0.25, -0.2) is 4.98 Å². The largest absolute Gasteiger partial charge is 0.469 e. The zero-order chi connectivity index (χ0) is 12.3. The number of aromatic nitrogens is 2. The maximum Gasteiger partial charge on any atom is 0.349 e. The smallest absolute Gasteiger partial charge is 0.349 e. The molecule has 1 aliphatic carbocycles. The Morgan fingerprint density at radius 2 is 2.41 bits per heavy atom. The summed E-state index contributed by atoms with van der Waals surface area (Å²) in [4.78, 5) is 18.2. The highest BCUT2D eigenvalue weighted by atomic mass is 16.6. The minimum absolute atomic E-state index is 0.0538. The summed E-state index contributed by atoms with van der Waals surface area (Å²) in [6.07, 6.45) is 4.19. The molecule has 7 heteroatoms. The van der Waals surface area contributed by atoms with Crippen molar-refractivity contribution in [3.63, 3.8) is 0 Å². The van der Waals surface area contributed by atoms with Crippen LogP contribution in [0.3, 0.4) is 0 Å². The third kappa shape index (κ3) is 2.61. The average molecular weight is 238 g/mol. The van der Waals surface area contributed by atoms with Gasteiger partial charge in [-0.2, -0.15) is 4.98 Å². The number of nitro groups is 1. The molecule has 0 radical (unpaired) electrons. The van der Waals surface area contributed by atoms with Crippen molar-refractivity contribution < 1.29 is 9.66 Å². The van der Waals surface area contributed by atoms with E-state index in [1.807, 2.05) is 6.92 Å². The zero-order valence-corrected chi connectivity index (χ0v) is 9.55. The summed E-state index contributed by atoms with van der Waals surface area (Å²) in [5.41, 5.74) is -0.182. The SMILES string of the molecule is CCNc1ncc([N+](=O)[O-])c(OC2CCC2)n1. The number of rotatable bonds is 5. The van der Waals surface area contributed by atoms with Crippen molar-refractivity contribution in [3.8, 4) is 5.88 Å². The standard InChI is InChI=1S/C10H14N4O3/c1-2-11-10-12-6-8(14(15)16)9(13-10)17-7-4-3-5-7/h6-7H,2-5H2,1H3,(H,11,12,13). The van der Waals surface area contributed by atoms with Crippen LogP contribution in [0.4, 0.5) is 11.6 Å². The first-order valence-electron chi connectivity index (χ1n) is 5.62. The topological polar surface area (TPSA) is 90.2 Å². The molecule has 0 spiro atoms. The van der Waals surface area contributed by atoms with Crippen molar-refractivity contribution in [1.29, 1.82) is 0 Å². The van der Waals surface area contributed by atoms with Crippen LogP contribution in [0, 0.1) is 10.1 Å². The van der Waals surface area contributed by atoms with Gasteiger partial charge in [-0.3, -0.25) is 10.1 Å².